The Bertz CT molecular complexity index is 482. The van der Waals surface area contributed by atoms with Crippen LogP contribution in [0.2, 0.25) is 5.15 Å². The first-order valence-corrected chi connectivity index (χ1v) is 7.47. The Labute approximate surface area is 124 Å². The molecule has 1 aliphatic carbocycles. The number of aromatic nitrogens is 1. The molecule has 0 aliphatic heterocycles. The zero-order valence-electron chi connectivity index (χ0n) is 11.9. The highest BCUT2D eigenvalue weighted by molar-refractivity contribution is 6.32. The van der Waals surface area contributed by atoms with Crippen molar-refractivity contribution in [2.75, 3.05) is 6.54 Å². The molecule has 2 atom stereocenters. The predicted molar refractivity (Wildman–Crippen MR) is 79.0 cm³/mol. The maximum Gasteiger partial charge on any atom is 0.254 e. The maximum atomic E-state index is 12.2. The third kappa shape index (κ3) is 3.49. The molecule has 5 heteroatoms. The second kappa shape index (κ2) is 6.55. The summed E-state index contributed by atoms with van der Waals surface area (Å²) >= 11 is 6.06. The molecule has 1 heterocycles. The lowest BCUT2D eigenvalue weighted by atomic mass is 9.86. The van der Waals surface area contributed by atoms with Crippen LogP contribution in [-0.4, -0.2) is 28.6 Å². The molecule has 2 N–H and O–H groups in total. The summed E-state index contributed by atoms with van der Waals surface area (Å²) in [6.07, 6.45) is 3.66. The molecule has 0 bridgehead atoms. The molecular weight excluding hydrogens is 276 g/mol. The van der Waals surface area contributed by atoms with Crippen LogP contribution >= 0.6 is 11.6 Å². The van der Waals surface area contributed by atoms with Gasteiger partial charge in [-0.3, -0.25) is 4.79 Å². The van der Waals surface area contributed by atoms with Crippen molar-refractivity contribution in [2.24, 2.45) is 5.92 Å². The van der Waals surface area contributed by atoms with Crippen molar-refractivity contribution in [3.63, 3.8) is 0 Å². The van der Waals surface area contributed by atoms with Crippen LogP contribution in [0.3, 0.4) is 0 Å². The first kappa shape index (κ1) is 15.3. The Hall–Kier alpha value is -1.13. The fourth-order valence-corrected chi connectivity index (χ4v) is 3.17. The molecule has 0 aromatic carbocycles. The average Bonchev–Trinajstić information content (AvgIpc) is 2.36. The van der Waals surface area contributed by atoms with Crippen molar-refractivity contribution < 1.29 is 9.90 Å². The lowest BCUT2D eigenvalue weighted by Gasteiger charge is -2.27. The van der Waals surface area contributed by atoms with Gasteiger partial charge in [0.2, 0.25) is 0 Å². The summed E-state index contributed by atoms with van der Waals surface area (Å²) in [5.41, 5.74) is 2.05. The molecule has 1 aromatic heterocycles. The molecule has 1 aromatic rings. The van der Waals surface area contributed by atoms with Crippen molar-refractivity contribution in [1.29, 1.82) is 0 Å². The van der Waals surface area contributed by atoms with Gasteiger partial charge in [0, 0.05) is 18.2 Å². The molecule has 110 valence electrons. The number of pyridine rings is 1. The maximum absolute atomic E-state index is 12.2. The molecule has 0 spiro atoms. The Balaban J connectivity index is 2.02. The van der Waals surface area contributed by atoms with Gasteiger partial charge >= 0.3 is 0 Å². The van der Waals surface area contributed by atoms with Gasteiger partial charge in [0.05, 0.1) is 11.7 Å². The molecule has 1 aliphatic rings. The number of hydrogen-bond donors (Lipinski definition) is 2. The third-order valence-corrected chi connectivity index (χ3v) is 4.19. The van der Waals surface area contributed by atoms with E-state index >= 15 is 0 Å². The average molecular weight is 297 g/mol. The Morgan fingerprint density at radius 1 is 1.45 bits per heavy atom. The molecular formula is C15H21ClN2O2. The largest absolute Gasteiger partial charge is 0.393 e. The van der Waals surface area contributed by atoms with Gasteiger partial charge in [-0.25, -0.2) is 4.98 Å². The third-order valence-electron chi connectivity index (χ3n) is 3.92. The minimum Gasteiger partial charge on any atom is -0.393 e. The van der Waals surface area contributed by atoms with E-state index in [1.54, 1.807) is 0 Å². The van der Waals surface area contributed by atoms with E-state index in [0.29, 0.717) is 12.1 Å². The van der Waals surface area contributed by atoms with Crippen molar-refractivity contribution in [3.05, 3.63) is 28.0 Å². The number of hydrogen-bond acceptors (Lipinski definition) is 3. The van der Waals surface area contributed by atoms with Crippen molar-refractivity contribution in [3.8, 4) is 0 Å². The molecule has 20 heavy (non-hydrogen) atoms. The van der Waals surface area contributed by atoms with Crippen LogP contribution in [0.4, 0.5) is 0 Å². The number of nitrogens with one attached hydrogen (secondary N) is 1. The molecule has 4 nitrogen and oxygen atoms in total. The Morgan fingerprint density at radius 3 is 2.80 bits per heavy atom. The Morgan fingerprint density at radius 2 is 2.15 bits per heavy atom. The first-order valence-electron chi connectivity index (χ1n) is 7.09. The second-order valence-corrected chi connectivity index (χ2v) is 5.93. The smallest absolute Gasteiger partial charge is 0.254 e. The predicted octanol–water partition coefficient (Wildman–Crippen LogP) is 2.63. The van der Waals surface area contributed by atoms with Crippen LogP contribution in [0.5, 0.6) is 0 Å². The lowest BCUT2D eigenvalue weighted by molar-refractivity contribution is 0.0663. The van der Waals surface area contributed by atoms with E-state index in [9.17, 15) is 9.90 Å². The zero-order valence-corrected chi connectivity index (χ0v) is 12.7. The lowest BCUT2D eigenvalue weighted by Crippen LogP contribution is -2.37. The van der Waals surface area contributed by atoms with Gasteiger partial charge in [-0.2, -0.15) is 0 Å². The van der Waals surface area contributed by atoms with Crippen LogP contribution in [0, 0.1) is 19.8 Å². The standard InChI is InChI=1S/C15H21ClN2O2/c1-9-7-10(2)18-14(16)13(9)15(20)17-8-11-5-3-4-6-12(11)19/h7,11-12,19H,3-6,8H2,1-2H3,(H,17,20). The highest BCUT2D eigenvalue weighted by atomic mass is 35.5. The fourth-order valence-electron chi connectivity index (χ4n) is 2.80. The van der Waals surface area contributed by atoms with E-state index in [0.717, 1.165) is 36.9 Å². The topological polar surface area (TPSA) is 62.2 Å². The minimum absolute atomic E-state index is 0.144. The van der Waals surface area contributed by atoms with E-state index in [1.807, 2.05) is 19.9 Å². The molecule has 0 saturated heterocycles. The molecule has 1 saturated carbocycles. The van der Waals surface area contributed by atoms with E-state index in [1.165, 1.54) is 0 Å². The molecule has 1 amide bonds. The van der Waals surface area contributed by atoms with Gasteiger partial charge in [-0.1, -0.05) is 24.4 Å². The summed E-state index contributed by atoms with van der Waals surface area (Å²) < 4.78 is 0. The molecule has 1 fully saturated rings. The molecule has 0 radical (unpaired) electrons. The SMILES string of the molecule is Cc1cc(C)c(C(=O)NCC2CCCCC2O)c(Cl)n1. The van der Waals surface area contributed by atoms with Crippen LogP contribution in [0.1, 0.15) is 47.3 Å². The number of amides is 1. The van der Waals surface area contributed by atoms with Gasteiger partial charge in [-0.05, 0) is 38.3 Å². The van der Waals surface area contributed by atoms with Crippen LogP contribution in [-0.2, 0) is 0 Å². The van der Waals surface area contributed by atoms with Crippen LogP contribution in [0.15, 0.2) is 6.07 Å². The summed E-state index contributed by atoms with van der Waals surface area (Å²) in [4.78, 5) is 16.4. The fraction of sp³-hybridized carbons (Fsp3) is 0.600. The van der Waals surface area contributed by atoms with Crippen molar-refractivity contribution in [1.82, 2.24) is 10.3 Å². The summed E-state index contributed by atoms with van der Waals surface area (Å²) in [6, 6.07) is 1.84. The first-order chi connectivity index (χ1) is 9.49. The normalized spacial score (nSPS) is 22.6. The van der Waals surface area contributed by atoms with Crippen molar-refractivity contribution >= 4 is 17.5 Å². The molecule has 2 unspecified atom stereocenters. The number of aliphatic hydroxyl groups excluding tert-OH is 1. The number of rotatable bonds is 3. The summed E-state index contributed by atoms with van der Waals surface area (Å²) in [5.74, 6) is -0.0667. The minimum atomic E-state index is -0.309. The summed E-state index contributed by atoms with van der Waals surface area (Å²) in [7, 11) is 0. The quantitative estimate of drug-likeness (QED) is 0.843. The van der Waals surface area contributed by atoms with Crippen LogP contribution < -0.4 is 5.32 Å². The van der Waals surface area contributed by atoms with E-state index in [2.05, 4.69) is 10.3 Å². The number of halogens is 1. The highest BCUT2D eigenvalue weighted by Crippen LogP contribution is 2.24. The van der Waals surface area contributed by atoms with Gasteiger partial charge in [0.15, 0.2) is 0 Å². The monoisotopic (exact) mass is 296 g/mol. The number of carbonyl (C=O) groups excluding carboxylic acids is 1. The van der Waals surface area contributed by atoms with Gasteiger partial charge in [0.1, 0.15) is 5.15 Å². The van der Waals surface area contributed by atoms with E-state index in [4.69, 9.17) is 11.6 Å². The van der Waals surface area contributed by atoms with Gasteiger partial charge < -0.3 is 10.4 Å². The van der Waals surface area contributed by atoms with Gasteiger partial charge in [0.25, 0.3) is 5.91 Å². The van der Waals surface area contributed by atoms with Gasteiger partial charge in [-0.15, -0.1) is 0 Å². The van der Waals surface area contributed by atoms with Crippen LogP contribution in [0.25, 0.3) is 0 Å². The summed E-state index contributed by atoms with van der Waals surface area (Å²) in [6.45, 7) is 4.19. The van der Waals surface area contributed by atoms with Crippen molar-refractivity contribution in [2.45, 2.75) is 45.6 Å². The summed E-state index contributed by atoms with van der Waals surface area (Å²) in [5, 5.41) is 13.0. The number of nitrogens with zero attached hydrogens (tertiary/aromatic N) is 1. The second-order valence-electron chi connectivity index (χ2n) is 5.57. The zero-order chi connectivity index (χ0) is 14.7. The highest BCUT2D eigenvalue weighted by Gasteiger charge is 2.24. The Kier molecular flexibility index (Phi) is 5.00. The molecule has 2 rings (SSSR count). The number of aliphatic hydroxyl groups is 1. The number of carbonyl (C=O) groups is 1. The van der Waals surface area contributed by atoms with E-state index in [-0.39, 0.29) is 23.1 Å². The van der Waals surface area contributed by atoms with E-state index < -0.39 is 0 Å². The number of aryl methyl sites for hydroxylation is 2.